The fraction of sp³-hybridized carbons (Fsp3) is 0.562. The number of anilines is 1. The molecular formula is C16H24FN3O. The predicted molar refractivity (Wildman–Crippen MR) is 82.8 cm³/mol. The Hall–Kier alpha value is -1.62. The highest BCUT2D eigenvalue weighted by atomic mass is 19.1. The van der Waals surface area contributed by atoms with E-state index >= 15 is 0 Å². The van der Waals surface area contributed by atoms with E-state index in [1.54, 1.807) is 17.9 Å². The molecule has 0 aliphatic carbocycles. The molecule has 5 heteroatoms. The smallest absolute Gasteiger partial charge is 0.247 e. The van der Waals surface area contributed by atoms with E-state index in [0.717, 1.165) is 11.3 Å². The first kappa shape index (κ1) is 15.8. The van der Waals surface area contributed by atoms with Crippen LogP contribution >= 0.6 is 0 Å². The lowest BCUT2D eigenvalue weighted by molar-refractivity contribution is -0.136. The summed E-state index contributed by atoms with van der Waals surface area (Å²) in [7, 11) is 1.81. The molecule has 0 aromatic heterocycles. The molecule has 4 nitrogen and oxygen atoms in total. The summed E-state index contributed by atoms with van der Waals surface area (Å²) < 4.78 is 13.9. The van der Waals surface area contributed by atoms with E-state index in [0.29, 0.717) is 18.7 Å². The summed E-state index contributed by atoms with van der Waals surface area (Å²) in [5.74, 6) is -0.198. The molecule has 116 valence electrons. The van der Waals surface area contributed by atoms with Crippen molar-refractivity contribution in [2.75, 3.05) is 25.0 Å². The van der Waals surface area contributed by atoms with E-state index in [4.69, 9.17) is 5.73 Å². The van der Waals surface area contributed by atoms with Crippen molar-refractivity contribution in [2.45, 2.75) is 39.3 Å². The van der Waals surface area contributed by atoms with Gasteiger partial charge >= 0.3 is 0 Å². The lowest BCUT2D eigenvalue weighted by atomic mass is 9.93. The van der Waals surface area contributed by atoms with Gasteiger partial charge in [-0.25, -0.2) is 4.39 Å². The molecule has 0 radical (unpaired) electrons. The molecule has 0 unspecified atom stereocenters. The summed E-state index contributed by atoms with van der Waals surface area (Å²) in [6, 6.07) is 3.00. The first-order chi connectivity index (χ1) is 9.66. The topological polar surface area (TPSA) is 49.6 Å². The Morgan fingerprint density at radius 1 is 1.33 bits per heavy atom. The van der Waals surface area contributed by atoms with Gasteiger partial charge < -0.3 is 15.5 Å². The van der Waals surface area contributed by atoms with Gasteiger partial charge in [-0.2, -0.15) is 0 Å². The first-order valence-electron chi connectivity index (χ1n) is 7.25. The van der Waals surface area contributed by atoms with Crippen LogP contribution < -0.4 is 10.6 Å². The Balaban J connectivity index is 2.55. The normalized spacial score (nSPS) is 19.9. The van der Waals surface area contributed by atoms with Gasteiger partial charge in [-0.1, -0.05) is 0 Å². The van der Waals surface area contributed by atoms with Gasteiger partial charge in [0.1, 0.15) is 11.4 Å². The van der Waals surface area contributed by atoms with Gasteiger partial charge in [0.05, 0.1) is 0 Å². The van der Waals surface area contributed by atoms with Crippen LogP contribution in [0.25, 0.3) is 0 Å². The summed E-state index contributed by atoms with van der Waals surface area (Å²) in [4.78, 5) is 16.2. The lowest BCUT2D eigenvalue weighted by Crippen LogP contribution is -2.62. The van der Waals surface area contributed by atoms with Gasteiger partial charge in [-0.05, 0) is 51.0 Å². The van der Waals surface area contributed by atoms with Crippen LogP contribution in [0.5, 0.6) is 0 Å². The third-order valence-electron chi connectivity index (χ3n) is 4.29. The van der Waals surface area contributed by atoms with Gasteiger partial charge in [-0.15, -0.1) is 0 Å². The molecule has 1 aromatic rings. The Morgan fingerprint density at radius 2 is 1.95 bits per heavy atom. The van der Waals surface area contributed by atoms with Gasteiger partial charge in [0, 0.05) is 31.9 Å². The average Bonchev–Trinajstić information content (AvgIpc) is 2.39. The summed E-state index contributed by atoms with van der Waals surface area (Å²) in [6.45, 7) is 8.72. The van der Waals surface area contributed by atoms with E-state index in [2.05, 4.69) is 0 Å². The number of aryl methyl sites for hydroxylation is 1. The average molecular weight is 293 g/mol. The van der Waals surface area contributed by atoms with Crippen molar-refractivity contribution in [3.63, 3.8) is 0 Å². The Labute approximate surface area is 125 Å². The number of piperazine rings is 1. The zero-order valence-corrected chi connectivity index (χ0v) is 13.4. The molecule has 2 N–H and O–H groups in total. The molecule has 1 fully saturated rings. The zero-order chi connectivity index (χ0) is 15.9. The van der Waals surface area contributed by atoms with E-state index in [1.165, 1.54) is 6.07 Å². The molecule has 0 spiro atoms. The SMILES string of the molecule is Cc1cc(N2CCN(C)C(=O)C2(C)C)c([C@H](C)N)cc1F. The predicted octanol–water partition coefficient (Wildman–Crippen LogP) is 2.21. The molecule has 1 saturated heterocycles. The molecule has 2 rings (SSSR count). The number of nitrogens with zero attached hydrogens (tertiary/aromatic N) is 2. The first-order valence-corrected chi connectivity index (χ1v) is 7.25. The zero-order valence-electron chi connectivity index (χ0n) is 13.4. The largest absolute Gasteiger partial charge is 0.355 e. The number of halogens is 1. The minimum absolute atomic E-state index is 0.0614. The summed E-state index contributed by atoms with van der Waals surface area (Å²) in [5.41, 5.74) is 7.50. The van der Waals surface area contributed by atoms with Crippen molar-refractivity contribution >= 4 is 11.6 Å². The van der Waals surface area contributed by atoms with Crippen LogP contribution in [-0.4, -0.2) is 36.5 Å². The number of benzene rings is 1. The number of carbonyl (C=O) groups is 1. The van der Waals surface area contributed by atoms with Crippen LogP contribution in [0.1, 0.15) is 37.9 Å². The van der Waals surface area contributed by atoms with E-state index < -0.39 is 5.54 Å². The van der Waals surface area contributed by atoms with Crippen LogP contribution in [0.3, 0.4) is 0 Å². The minimum Gasteiger partial charge on any atom is -0.355 e. The molecule has 1 amide bonds. The maximum atomic E-state index is 13.9. The van der Waals surface area contributed by atoms with Crippen molar-refractivity contribution in [3.05, 3.63) is 29.1 Å². The second kappa shape index (κ2) is 5.30. The molecule has 0 bridgehead atoms. The van der Waals surface area contributed by atoms with Crippen molar-refractivity contribution in [3.8, 4) is 0 Å². The maximum absolute atomic E-state index is 13.9. The monoisotopic (exact) mass is 293 g/mol. The number of rotatable bonds is 2. The van der Waals surface area contributed by atoms with Crippen molar-refractivity contribution in [1.29, 1.82) is 0 Å². The maximum Gasteiger partial charge on any atom is 0.247 e. The number of carbonyl (C=O) groups excluding carboxylic acids is 1. The fourth-order valence-electron chi connectivity index (χ4n) is 2.92. The van der Waals surface area contributed by atoms with Crippen molar-refractivity contribution < 1.29 is 9.18 Å². The van der Waals surface area contributed by atoms with E-state index in [-0.39, 0.29) is 17.8 Å². The van der Waals surface area contributed by atoms with Crippen LogP contribution in [-0.2, 0) is 4.79 Å². The highest BCUT2D eigenvalue weighted by Gasteiger charge is 2.41. The van der Waals surface area contributed by atoms with Crippen molar-refractivity contribution in [2.24, 2.45) is 5.73 Å². The summed E-state index contributed by atoms with van der Waals surface area (Å²) in [6.07, 6.45) is 0. The van der Waals surface area contributed by atoms with Gasteiger partial charge in [0.2, 0.25) is 5.91 Å². The van der Waals surface area contributed by atoms with Gasteiger partial charge in [0.15, 0.2) is 0 Å². The molecular weight excluding hydrogens is 269 g/mol. The van der Waals surface area contributed by atoms with Crippen molar-refractivity contribution in [1.82, 2.24) is 4.90 Å². The molecule has 21 heavy (non-hydrogen) atoms. The number of nitrogens with two attached hydrogens (primary N) is 1. The van der Waals surface area contributed by atoms with Crippen LogP contribution in [0.2, 0.25) is 0 Å². The van der Waals surface area contributed by atoms with Crippen LogP contribution in [0, 0.1) is 12.7 Å². The molecule has 1 aliphatic heterocycles. The van der Waals surface area contributed by atoms with Gasteiger partial charge in [-0.3, -0.25) is 4.79 Å². The van der Waals surface area contributed by atoms with Gasteiger partial charge in [0.25, 0.3) is 0 Å². The van der Waals surface area contributed by atoms with Crippen LogP contribution in [0.15, 0.2) is 12.1 Å². The minimum atomic E-state index is -0.666. The number of hydrogen-bond donors (Lipinski definition) is 1. The van der Waals surface area contributed by atoms with E-state index in [1.807, 2.05) is 32.7 Å². The molecule has 1 aliphatic rings. The fourth-order valence-corrected chi connectivity index (χ4v) is 2.92. The molecule has 0 saturated carbocycles. The highest BCUT2D eigenvalue weighted by Crippen LogP contribution is 2.35. The summed E-state index contributed by atoms with van der Waals surface area (Å²) in [5, 5.41) is 0. The third-order valence-corrected chi connectivity index (χ3v) is 4.29. The number of likely N-dealkylation sites (N-methyl/N-ethyl adjacent to an activating group) is 1. The Bertz CT molecular complexity index is 569. The van der Waals surface area contributed by atoms with E-state index in [9.17, 15) is 9.18 Å². The van der Waals surface area contributed by atoms with Crippen LogP contribution in [0.4, 0.5) is 10.1 Å². The second-order valence-electron chi connectivity index (χ2n) is 6.39. The highest BCUT2D eigenvalue weighted by molar-refractivity contribution is 5.90. The Morgan fingerprint density at radius 3 is 2.52 bits per heavy atom. The number of hydrogen-bond acceptors (Lipinski definition) is 3. The number of amides is 1. The standard InChI is InChI=1S/C16H24FN3O/c1-10-8-14(12(11(2)18)9-13(10)17)20-7-6-19(5)15(21)16(20,3)4/h8-9,11H,6-7,18H2,1-5H3/t11-/m0/s1. The lowest BCUT2D eigenvalue weighted by Gasteiger charge is -2.47. The second-order valence-corrected chi connectivity index (χ2v) is 6.39. The third kappa shape index (κ3) is 2.62. The molecule has 1 atom stereocenters. The molecule has 1 heterocycles. The summed E-state index contributed by atoms with van der Waals surface area (Å²) >= 11 is 0. The quantitative estimate of drug-likeness (QED) is 0.909. The Kier molecular flexibility index (Phi) is 3.97. The molecule has 1 aromatic carbocycles.